The quantitative estimate of drug-likeness (QED) is 0.0716. The molecule has 0 aliphatic rings. The van der Waals surface area contributed by atoms with Gasteiger partial charge in [0.1, 0.15) is 5.75 Å². The zero-order valence-corrected chi connectivity index (χ0v) is 22.2. The van der Waals surface area contributed by atoms with Crippen molar-refractivity contribution in [1.29, 1.82) is 0 Å². The number of hydrogen-bond donors (Lipinski definition) is 4. The molecule has 0 aliphatic heterocycles. The summed E-state index contributed by atoms with van der Waals surface area (Å²) in [5.74, 6) is 4.32. The number of carbonyl (C=O) groups is 2. The van der Waals surface area contributed by atoms with Crippen LogP contribution in [-0.2, 0) is 0 Å². The molecule has 2 aromatic carbocycles. The Bertz CT molecular complexity index is 929. The second-order valence-corrected chi connectivity index (χ2v) is 9.96. The summed E-state index contributed by atoms with van der Waals surface area (Å²) < 4.78 is 0. The van der Waals surface area contributed by atoms with Crippen LogP contribution >= 0.6 is 0 Å². The van der Waals surface area contributed by atoms with E-state index in [9.17, 15) is 14.7 Å². The van der Waals surface area contributed by atoms with Crippen molar-refractivity contribution in [2.24, 2.45) is 5.84 Å². The van der Waals surface area contributed by atoms with Crippen molar-refractivity contribution in [3.8, 4) is 5.75 Å². The van der Waals surface area contributed by atoms with Crippen LogP contribution in [-0.4, -0.2) is 23.5 Å². The van der Waals surface area contributed by atoms with Gasteiger partial charge in [0.25, 0.3) is 11.8 Å². The number of unbranched alkanes of at least 4 members (excludes halogenated alkanes) is 15. The number of amides is 2. The van der Waals surface area contributed by atoms with E-state index in [1.54, 1.807) is 24.3 Å². The maximum absolute atomic E-state index is 12.5. The Morgan fingerprint density at radius 1 is 0.694 bits per heavy atom. The van der Waals surface area contributed by atoms with E-state index < -0.39 is 5.91 Å². The Labute approximate surface area is 217 Å². The number of nitrogen functional groups attached to an aromatic ring is 1. The molecule has 36 heavy (non-hydrogen) atoms. The molecule has 2 aromatic rings. The smallest absolute Gasteiger partial charge is 0.268 e. The van der Waals surface area contributed by atoms with Crippen LogP contribution in [0.1, 0.15) is 130 Å². The molecule has 0 unspecified atom stereocenters. The zero-order valence-electron chi connectivity index (χ0n) is 22.2. The average Bonchev–Trinajstić information content (AvgIpc) is 2.89. The summed E-state index contributed by atoms with van der Waals surface area (Å²) in [5.41, 5.74) is 2.63. The normalized spacial score (nSPS) is 11.1. The predicted octanol–water partition coefficient (Wildman–Crippen LogP) is 7.14. The van der Waals surface area contributed by atoms with Crippen LogP contribution in [0, 0.1) is 0 Å². The highest BCUT2D eigenvalue weighted by atomic mass is 16.3. The minimum atomic E-state index is -0.576. The summed E-state index contributed by atoms with van der Waals surface area (Å²) in [6, 6.07) is 8.26. The lowest BCUT2D eigenvalue weighted by Gasteiger charge is -2.09. The first kappa shape index (κ1) is 29.6. The van der Waals surface area contributed by atoms with E-state index in [1.165, 1.54) is 96.0 Å². The number of fused-ring (bicyclic) bond motifs is 1. The topological polar surface area (TPSA) is 104 Å². The summed E-state index contributed by atoms with van der Waals surface area (Å²) >= 11 is 0. The number of nitrogens with two attached hydrogens (primary N) is 1. The summed E-state index contributed by atoms with van der Waals surface area (Å²) in [6.45, 7) is 2.93. The van der Waals surface area contributed by atoms with Crippen LogP contribution in [0.25, 0.3) is 10.8 Å². The van der Waals surface area contributed by atoms with Gasteiger partial charge in [-0.2, -0.15) is 0 Å². The van der Waals surface area contributed by atoms with E-state index in [0.29, 0.717) is 17.5 Å². The molecule has 200 valence electrons. The van der Waals surface area contributed by atoms with Crippen molar-refractivity contribution in [3.63, 3.8) is 0 Å². The summed E-state index contributed by atoms with van der Waals surface area (Å²) in [4.78, 5) is 24.3. The van der Waals surface area contributed by atoms with Gasteiger partial charge in [-0.25, -0.2) is 5.84 Å². The molecule has 2 rings (SSSR count). The summed E-state index contributed by atoms with van der Waals surface area (Å²) in [5, 5.41) is 14.4. The molecule has 0 spiro atoms. The molecule has 6 heteroatoms. The van der Waals surface area contributed by atoms with Gasteiger partial charge in [0.15, 0.2) is 0 Å². The molecule has 0 saturated carbocycles. The largest absolute Gasteiger partial charge is 0.507 e. The third-order valence-electron chi connectivity index (χ3n) is 6.91. The monoisotopic (exact) mass is 497 g/mol. The highest BCUT2D eigenvalue weighted by Crippen LogP contribution is 2.26. The lowest BCUT2D eigenvalue weighted by atomic mass is 10.0. The summed E-state index contributed by atoms with van der Waals surface area (Å²) in [6.07, 6.45) is 21.2. The van der Waals surface area contributed by atoms with E-state index in [4.69, 9.17) is 5.84 Å². The minimum Gasteiger partial charge on any atom is -0.507 e. The molecule has 0 saturated heterocycles. The SMILES string of the molecule is CCCCCCCCCCCCCCCCCCNC(=O)c1ccc2cc(O)c(C(=O)NN)cc2c1. The molecular formula is C30H47N3O3. The fourth-order valence-corrected chi connectivity index (χ4v) is 4.66. The van der Waals surface area contributed by atoms with E-state index >= 15 is 0 Å². The van der Waals surface area contributed by atoms with Crippen LogP contribution in [0.2, 0.25) is 0 Å². The Balaban J connectivity index is 1.52. The average molecular weight is 498 g/mol. The molecular weight excluding hydrogens is 450 g/mol. The molecule has 0 atom stereocenters. The van der Waals surface area contributed by atoms with Crippen molar-refractivity contribution in [2.75, 3.05) is 6.54 Å². The van der Waals surface area contributed by atoms with Crippen LogP contribution in [0.3, 0.4) is 0 Å². The Hall–Kier alpha value is -2.60. The maximum Gasteiger partial charge on any atom is 0.268 e. The number of benzene rings is 2. The minimum absolute atomic E-state index is 0.0794. The molecule has 0 bridgehead atoms. The van der Waals surface area contributed by atoms with Gasteiger partial charge in [0.05, 0.1) is 5.56 Å². The first-order valence-electron chi connectivity index (χ1n) is 14.1. The van der Waals surface area contributed by atoms with Gasteiger partial charge in [-0.05, 0) is 41.5 Å². The molecule has 0 fully saturated rings. The molecule has 6 nitrogen and oxygen atoms in total. The third-order valence-corrected chi connectivity index (χ3v) is 6.91. The van der Waals surface area contributed by atoms with Crippen LogP contribution in [0.5, 0.6) is 5.75 Å². The molecule has 0 aliphatic carbocycles. The highest BCUT2D eigenvalue weighted by Gasteiger charge is 2.13. The standard InChI is InChI=1S/C30H47N3O3/c1-2-3-4-5-6-7-8-9-10-11-12-13-14-15-16-17-20-32-29(35)25-19-18-24-23-28(34)27(30(36)33-31)22-26(24)21-25/h18-19,21-23,34H,2-17,20,31H2,1H3,(H,32,35)(H,33,36). The second kappa shape index (κ2) is 17.8. The van der Waals surface area contributed by atoms with Gasteiger partial charge >= 0.3 is 0 Å². The van der Waals surface area contributed by atoms with Gasteiger partial charge in [0.2, 0.25) is 0 Å². The Morgan fingerprint density at radius 2 is 1.22 bits per heavy atom. The molecule has 0 aromatic heterocycles. The van der Waals surface area contributed by atoms with E-state index in [2.05, 4.69) is 12.2 Å². The number of aromatic hydroxyl groups is 1. The number of phenolic OH excluding ortho intramolecular Hbond substituents is 1. The molecule has 2 amide bonds. The maximum atomic E-state index is 12.5. The second-order valence-electron chi connectivity index (χ2n) is 9.96. The van der Waals surface area contributed by atoms with Crippen LogP contribution < -0.4 is 16.6 Å². The van der Waals surface area contributed by atoms with Gasteiger partial charge in [-0.1, -0.05) is 109 Å². The lowest BCUT2D eigenvalue weighted by molar-refractivity contribution is 0.0944. The number of hydrogen-bond acceptors (Lipinski definition) is 4. The van der Waals surface area contributed by atoms with Gasteiger partial charge in [-0.15, -0.1) is 0 Å². The molecule has 5 N–H and O–H groups in total. The van der Waals surface area contributed by atoms with Gasteiger partial charge in [-0.3, -0.25) is 15.0 Å². The lowest BCUT2D eigenvalue weighted by Crippen LogP contribution is -2.30. The number of phenols is 1. The van der Waals surface area contributed by atoms with Gasteiger partial charge in [0, 0.05) is 12.1 Å². The number of hydrazine groups is 1. The predicted molar refractivity (Wildman–Crippen MR) is 149 cm³/mol. The third kappa shape index (κ3) is 11.0. The highest BCUT2D eigenvalue weighted by molar-refractivity contribution is 6.03. The van der Waals surface area contributed by atoms with Crippen molar-refractivity contribution in [3.05, 3.63) is 41.5 Å². The van der Waals surface area contributed by atoms with Crippen LogP contribution in [0.4, 0.5) is 0 Å². The van der Waals surface area contributed by atoms with Crippen molar-refractivity contribution in [1.82, 2.24) is 10.7 Å². The first-order valence-corrected chi connectivity index (χ1v) is 14.1. The van der Waals surface area contributed by atoms with E-state index in [0.717, 1.165) is 18.2 Å². The van der Waals surface area contributed by atoms with E-state index in [1.807, 2.05) is 5.43 Å². The Morgan fingerprint density at radius 3 is 1.75 bits per heavy atom. The van der Waals surface area contributed by atoms with Crippen molar-refractivity contribution < 1.29 is 14.7 Å². The zero-order chi connectivity index (χ0) is 26.0. The first-order chi connectivity index (χ1) is 17.6. The summed E-state index contributed by atoms with van der Waals surface area (Å²) in [7, 11) is 0. The number of carbonyl (C=O) groups excluding carboxylic acids is 2. The fourth-order valence-electron chi connectivity index (χ4n) is 4.66. The fraction of sp³-hybridized carbons (Fsp3) is 0.600. The Kier molecular flexibility index (Phi) is 14.6. The van der Waals surface area contributed by atoms with Gasteiger partial charge < -0.3 is 10.4 Å². The number of nitrogens with one attached hydrogen (secondary N) is 2. The number of rotatable bonds is 19. The van der Waals surface area contributed by atoms with E-state index in [-0.39, 0.29) is 17.2 Å². The van der Waals surface area contributed by atoms with Crippen LogP contribution in [0.15, 0.2) is 30.3 Å². The van der Waals surface area contributed by atoms with Crippen molar-refractivity contribution in [2.45, 2.75) is 110 Å². The molecule has 0 radical (unpaired) electrons. The molecule has 0 heterocycles. The van der Waals surface area contributed by atoms with Crippen molar-refractivity contribution >= 4 is 22.6 Å².